The number of aryl methyl sites for hydroxylation is 1. The second kappa shape index (κ2) is 8.71. The molecule has 0 bridgehead atoms. The number of hydrogen-bond acceptors (Lipinski definition) is 6. The van der Waals surface area contributed by atoms with Gasteiger partial charge in [-0.05, 0) is 48.9 Å². The Morgan fingerprint density at radius 2 is 1.78 bits per heavy atom. The number of methoxy groups -OCH3 is 1. The lowest BCUT2D eigenvalue weighted by Gasteiger charge is -2.34. The van der Waals surface area contributed by atoms with Crippen LogP contribution in [-0.4, -0.2) is 61.8 Å². The van der Waals surface area contributed by atoms with Gasteiger partial charge >= 0.3 is 0 Å². The van der Waals surface area contributed by atoms with Gasteiger partial charge in [-0.3, -0.25) is 4.79 Å². The van der Waals surface area contributed by atoms with Crippen LogP contribution >= 0.6 is 0 Å². The molecule has 1 fully saturated rings. The number of oxazole rings is 1. The highest BCUT2D eigenvalue weighted by molar-refractivity contribution is 7.89. The van der Waals surface area contributed by atoms with Crippen LogP contribution in [0.15, 0.2) is 58.2 Å². The zero-order valence-electron chi connectivity index (χ0n) is 17.6. The highest BCUT2D eigenvalue weighted by Gasteiger charge is 2.33. The fourth-order valence-corrected chi connectivity index (χ4v) is 5.27. The van der Waals surface area contributed by atoms with E-state index in [9.17, 15) is 17.6 Å². The number of aromatic nitrogens is 1. The Morgan fingerprint density at radius 3 is 2.44 bits per heavy atom. The molecule has 1 aliphatic rings. The lowest BCUT2D eigenvalue weighted by molar-refractivity contribution is 0.0693. The number of rotatable bonds is 5. The Labute approximate surface area is 185 Å². The highest BCUT2D eigenvalue weighted by atomic mass is 32.2. The molecular formula is C22H22FN3O5S. The second-order valence-electron chi connectivity index (χ2n) is 7.39. The van der Waals surface area contributed by atoms with Crippen molar-refractivity contribution in [2.45, 2.75) is 11.8 Å². The van der Waals surface area contributed by atoms with Crippen LogP contribution in [0, 0.1) is 12.7 Å². The molecule has 1 aliphatic heterocycles. The number of ether oxygens (including phenoxy) is 1. The molecule has 168 valence electrons. The number of carbonyl (C=O) groups is 1. The Hall–Kier alpha value is -3.24. The van der Waals surface area contributed by atoms with Gasteiger partial charge in [0.2, 0.25) is 10.0 Å². The average molecular weight is 459 g/mol. The van der Waals surface area contributed by atoms with Crippen LogP contribution in [-0.2, 0) is 10.0 Å². The van der Waals surface area contributed by atoms with Crippen LogP contribution in [0.1, 0.15) is 16.1 Å². The van der Waals surface area contributed by atoms with Gasteiger partial charge in [0.05, 0.1) is 7.11 Å². The number of halogens is 1. The Balaban J connectivity index is 1.50. The van der Waals surface area contributed by atoms with Crippen molar-refractivity contribution in [3.63, 3.8) is 0 Å². The molecule has 2 heterocycles. The molecule has 0 N–H and O–H groups in total. The molecular weight excluding hydrogens is 437 g/mol. The van der Waals surface area contributed by atoms with Crippen LogP contribution in [0.3, 0.4) is 0 Å². The van der Waals surface area contributed by atoms with E-state index < -0.39 is 15.8 Å². The summed E-state index contributed by atoms with van der Waals surface area (Å²) in [6.45, 7) is 2.47. The summed E-state index contributed by atoms with van der Waals surface area (Å²) in [6.07, 6.45) is 1.16. The third-order valence-electron chi connectivity index (χ3n) is 5.34. The first-order valence-corrected chi connectivity index (χ1v) is 11.4. The summed E-state index contributed by atoms with van der Waals surface area (Å²) in [5.74, 6) is -0.248. The summed E-state index contributed by atoms with van der Waals surface area (Å²) in [7, 11) is -2.36. The Kier molecular flexibility index (Phi) is 5.98. The SMILES string of the molecule is COc1ccc(C)cc1S(=O)(=O)N1CCN(C(=O)c2ncoc2-c2ccc(F)cc2)CC1. The van der Waals surface area contributed by atoms with Gasteiger partial charge in [0.1, 0.15) is 16.5 Å². The van der Waals surface area contributed by atoms with Crippen LogP contribution in [0.2, 0.25) is 0 Å². The molecule has 32 heavy (non-hydrogen) atoms. The van der Waals surface area contributed by atoms with E-state index in [-0.39, 0.29) is 54.2 Å². The van der Waals surface area contributed by atoms with Crippen molar-refractivity contribution in [1.29, 1.82) is 0 Å². The molecule has 0 atom stereocenters. The van der Waals surface area contributed by atoms with E-state index in [4.69, 9.17) is 9.15 Å². The van der Waals surface area contributed by atoms with Crippen molar-refractivity contribution in [1.82, 2.24) is 14.2 Å². The molecule has 3 aromatic rings. The fraction of sp³-hybridized carbons (Fsp3) is 0.273. The van der Waals surface area contributed by atoms with Crippen molar-refractivity contribution in [3.8, 4) is 17.1 Å². The van der Waals surface area contributed by atoms with Gasteiger partial charge in [0.15, 0.2) is 17.8 Å². The summed E-state index contributed by atoms with van der Waals surface area (Å²) in [4.78, 5) is 18.7. The van der Waals surface area contributed by atoms with Crippen molar-refractivity contribution in [2.75, 3.05) is 33.3 Å². The molecule has 10 heteroatoms. The Morgan fingerprint density at radius 1 is 1.09 bits per heavy atom. The van der Waals surface area contributed by atoms with Crippen molar-refractivity contribution >= 4 is 15.9 Å². The summed E-state index contributed by atoms with van der Waals surface area (Å²) in [5.41, 5.74) is 1.44. The molecule has 1 amide bonds. The molecule has 0 saturated carbocycles. The third-order valence-corrected chi connectivity index (χ3v) is 7.26. The van der Waals surface area contributed by atoms with Crippen LogP contribution in [0.25, 0.3) is 11.3 Å². The second-order valence-corrected chi connectivity index (χ2v) is 9.29. The summed E-state index contributed by atoms with van der Waals surface area (Å²) in [5, 5.41) is 0. The topological polar surface area (TPSA) is 93.0 Å². The first-order chi connectivity index (χ1) is 15.3. The number of carbonyl (C=O) groups excluding carboxylic acids is 1. The highest BCUT2D eigenvalue weighted by Crippen LogP contribution is 2.29. The van der Waals surface area contributed by atoms with Gasteiger partial charge in [-0.2, -0.15) is 4.31 Å². The van der Waals surface area contributed by atoms with E-state index in [0.29, 0.717) is 5.56 Å². The number of nitrogens with zero attached hydrogens (tertiary/aromatic N) is 3. The molecule has 0 radical (unpaired) electrons. The molecule has 4 rings (SSSR count). The minimum absolute atomic E-state index is 0.105. The number of sulfonamides is 1. The maximum atomic E-state index is 13.2. The normalized spacial score (nSPS) is 15.0. The van der Waals surface area contributed by atoms with Gasteiger partial charge in [0.25, 0.3) is 5.91 Å². The van der Waals surface area contributed by atoms with E-state index >= 15 is 0 Å². The maximum absolute atomic E-state index is 13.2. The number of piperazine rings is 1. The number of benzene rings is 2. The molecule has 0 spiro atoms. The molecule has 8 nitrogen and oxygen atoms in total. The predicted molar refractivity (Wildman–Crippen MR) is 114 cm³/mol. The summed E-state index contributed by atoms with van der Waals surface area (Å²) in [6, 6.07) is 10.5. The average Bonchev–Trinajstić information content (AvgIpc) is 3.29. The van der Waals surface area contributed by atoms with Crippen LogP contribution in [0.5, 0.6) is 5.75 Å². The maximum Gasteiger partial charge on any atom is 0.276 e. The molecule has 0 unspecified atom stereocenters. The molecule has 1 aromatic heterocycles. The molecule has 0 aliphatic carbocycles. The standard InChI is InChI=1S/C22H22FN3O5S/c1-15-3-8-18(30-2)19(13-15)32(28,29)26-11-9-25(10-12-26)22(27)20-21(31-14-24-20)16-4-6-17(23)7-5-16/h3-8,13-14H,9-12H2,1-2H3. The number of amides is 1. The van der Waals surface area contributed by atoms with Gasteiger partial charge < -0.3 is 14.1 Å². The van der Waals surface area contributed by atoms with Crippen LogP contribution < -0.4 is 4.74 Å². The van der Waals surface area contributed by atoms with E-state index in [2.05, 4.69) is 4.98 Å². The van der Waals surface area contributed by atoms with Crippen molar-refractivity contribution in [3.05, 3.63) is 65.9 Å². The lowest BCUT2D eigenvalue weighted by Crippen LogP contribution is -2.50. The molecule has 1 saturated heterocycles. The largest absolute Gasteiger partial charge is 0.495 e. The Bertz CT molecular complexity index is 1230. The summed E-state index contributed by atoms with van der Waals surface area (Å²) >= 11 is 0. The predicted octanol–water partition coefficient (Wildman–Crippen LogP) is 2.94. The zero-order chi connectivity index (χ0) is 22.9. The van der Waals surface area contributed by atoms with E-state index in [1.807, 2.05) is 6.92 Å². The van der Waals surface area contributed by atoms with Crippen molar-refractivity contribution < 1.29 is 26.8 Å². The van der Waals surface area contributed by atoms with E-state index in [0.717, 1.165) is 12.0 Å². The van der Waals surface area contributed by atoms with Crippen LogP contribution in [0.4, 0.5) is 4.39 Å². The van der Waals surface area contributed by atoms with E-state index in [1.165, 1.54) is 40.6 Å². The lowest BCUT2D eigenvalue weighted by atomic mass is 10.1. The summed E-state index contributed by atoms with van der Waals surface area (Å²) < 4.78 is 51.5. The third kappa shape index (κ3) is 4.11. The van der Waals surface area contributed by atoms with E-state index in [1.54, 1.807) is 18.2 Å². The van der Waals surface area contributed by atoms with Gasteiger partial charge in [-0.1, -0.05) is 6.07 Å². The quantitative estimate of drug-likeness (QED) is 0.583. The van der Waals surface area contributed by atoms with Gasteiger partial charge in [-0.15, -0.1) is 0 Å². The zero-order valence-corrected chi connectivity index (χ0v) is 18.4. The first-order valence-electron chi connectivity index (χ1n) is 9.95. The monoisotopic (exact) mass is 459 g/mol. The van der Waals surface area contributed by atoms with Gasteiger partial charge in [0, 0.05) is 31.7 Å². The fourth-order valence-electron chi connectivity index (χ4n) is 3.61. The van der Waals surface area contributed by atoms with Gasteiger partial charge in [-0.25, -0.2) is 17.8 Å². The van der Waals surface area contributed by atoms with Crippen molar-refractivity contribution in [2.24, 2.45) is 0 Å². The number of hydrogen-bond donors (Lipinski definition) is 0. The minimum atomic E-state index is -3.78. The molecule has 2 aromatic carbocycles. The first kappa shape index (κ1) is 22.0. The smallest absolute Gasteiger partial charge is 0.276 e. The minimum Gasteiger partial charge on any atom is -0.495 e.